The van der Waals surface area contributed by atoms with Gasteiger partial charge in [-0.05, 0) is 13.8 Å². The normalized spacial score (nSPS) is 12.6. The zero-order valence-corrected chi connectivity index (χ0v) is 15.2. The summed E-state index contributed by atoms with van der Waals surface area (Å²) in [6.45, 7) is 2.39. The first-order valence-corrected chi connectivity index (χ1v) is 9.14. The summed E-state index contributed by atoms with van der Waals surface area (Å²) in [6, 6.07) is 0. The first-order chi connectivity index (χ1) is 11.8. The largest absolute Gasteiger partial charge is 0.483 e. The molecule has 0 aromatic carbocycles. The van der Waals surface area contributed by atoms with Crippen LogP contribution in [0.3, 0.4) is 0 Å². The van der Waals surface area contributed by atoms with Crippen LogP contribution >= 0.6 is 19.2 Å². The van der Waals surface area contributed by atoms with Crippen LogP contribution in [0, 0.1) is 0 Å². The van der Waals surface area contributed by atoms with E-state index in [1.165, 1.54) is 19.2 Å². The predicted molar refractivity (Wildman–Crippen MR) is 90.0 cm³/mol. The molecule has 0 aliphatic rings. The number of aromatic nitrogens is 1. The van der Waals surface area contributed by atoms with E-state index in [0.29, 0.717) is 0 Å². The number of carbonyl (C=O) groups is 2. The summed E-state index contributed by atoms with van der Waals surface area (Å²) in [6.07, 6.45) is -0.703. The van der Waals surface area contributed by atoms with Crippen LogP contribution in [0.4, 0.5) is 5.13 Å². The molecule has 144 valence electrons. The van der Waals surface area contributed by atoms with E-state index in [1.807, 2.05) is 0 Å². The standard InChI is InChI=1S/C10H16BN4O9PS/c1-10(2,8(17)18)23-15-6(5-3-26-9(12)14-5)7(16)13-4-11(19)24-25(20,21)22/h3,19H,4H2,1-2H3,(H2,12,14)(H,13,16)(H,17,18)(H2,20,21,22)/b15-6-. The van der Waals surface area contributed by atoms with Crippen molar-refractivity contribution in [2.45, 2.75) is 19.4 Å². The predicted octanol–water partition coefficient (Wildman–Crippen LogP) is -1.45. The monoisotopic (exact) mass is 410 g/mol. The van der Waals surface area contributed by atoms with Gasteiger partial charge in [-0.2, -0.15) is 0 Å². The van der Waals surface area contributed by atoms with E-state index in [-0.39, 0.29) is 10.8 Å². The van der Waals surface area contributed by atoms with Crippen molar-refractivity contribution < 1.29 is 43.4 Å². The van der Waals surface area contributed by atoms with Crippen molar-refractivity contribution in [3.63, 3.8) is 0 Å². The van der Waals surface area contributed by atoms with Crippen LogP contribution in [0.25, 0.3) is 0 Å². The van der Waals surface area contributed by atoms with Crippen molar-refractivity contribution in [3.05, 3.63) is 11.1 Å². The number of carboxylic acid groups (broad SMARTS) is 1. The van der Waals surface area contributed by atoms with Gasteiger partial charge < -0.3 is 40.2 Å². The van der Waals surface area contributed by atoms with Gasteiger partial charge in [-0.1, -0.05) is 5.16 Å². The summed E-state index contributed by atoms with van der Waals surface area (Å²) >= 11 is 0.979. The molecule has 0 radical (unpaired) electrons. The minimum absolute atomic E-state index is 0.0309. The summed E-state index contributed by atoms with van der Waals surface area (Å²) in [5.74, 6) is -2.32. The number of aliphatic carboxylic acids is 1. The SMILES string of the molecule is CC(C)(O/N=C(\C(=O)NCB(O)OP(=O)(O)O)c1csc(N)n1)C(=O)O. The zero-order valence-electron chi connectivity index (χ0n) is 13.5. The Morgan fingerprint density at radius 3 is 2.58 bits per heavy atom. The van der Waals surface area contributed by atoms with Crippen LogP contribution < -0.4 is 11.1 Å². The smallest absolute Gasteiger partial charge is 0.478 e. The van der Waals surface area contributed by atoms with E-state index in [0.717, 1.165) is 11.3 Å². The molecule has 0 atom stereocenters. The number of hydrogen-bond acceptors (Lipinski definition) is 10. The molecule has 0 fully saturated rings. The van der Waals surface area contributed by atoms with Crippen molar-refractivity contribution in [3.8, 4) is 0 Å². The van der Waals surface area contributed by atoms with E-state index in [9.17, 15) is 19.2 Å². The Hall–Kier alpha value is -2.03. The van der Waals surface area contributed by atoms with Crippen molar-refractivity contribution in [2.75, 3.05) is 12.2 Å². The van der Waals surface area contributed by atoms with Gasteiger partial charge in [0.25, 0.3) is 5.91 Å². The van der Waals surface area contributed by atoms with Crippen LogP contribution in [0.2, 0.25) is 0 Å². The number of hydrogen-bond donors (Lipinski definition) is 6. The minimum atomic E-state index is -4.95. The van der Waals surface area contributed by atoms with Gasteiger partial charge in [0.2, 0.25) is 5.60 Å². The average molecular weight is 410 g/mol. The lowest BCUT2D eigenvalue weighted by Gasteiger charge is -2.17. The van der Waals surface area contributed by atoms with Crippen LogP contribution in [0.1, 0.15) is 19.5 Å². The molecule has 1 heterocycles. The minimum Gasteiger partial charge on any atom is -0.478 e. The van der Waals surface area contributed by atoms with Gasteiger partial charge >= 0.3 is 20.9 Å². The second-order valence-electron chi connectivity index (χ2n) is 5.18. The highest BCUT2D eigenvalue weighted by Gasteiger charge is 2.31. The van der Waals surface area contributed by atoms with Crippen LogP contribution in [0.15, 0.2) is 10.5 Å². The molecule has 0 bridgehead atoms. The third-order valence-electron chi connectivity index (χ3n) is 2.56. The Kier molecular flexibility index (Phi) is 7.26. The molecule has 0 aliphatic heterocycles. The lowest BCUT2D eigenvalue weighted by atomic mass is 9.92. The molecular weight excluding hydrogens is 394 g/mol. The molecule has 1 rings (SSSR count). The van der Waals surface area contributed by atoms with Gasteiger partial charge in [-0.15, -0.1) is 11.3 Å². The molecule has 26 heavy (non-hydrogen) atoms. The number of phosphoric acid groups is 1. The molecule has 0 saturated heterocycles. The third-order valence-corrected chi connectivity index (χ3v) is 3.75. The molecule has 1 aromatic heterocycles. The Morgan fingerprint density at radius 2 is 2.12 bits per heavy atom. The topological polar surface area (TPSA) is 214 Å². The fourth-order valence-corrected chi connectivity index (χ4v) is 2.20. The van der Waals surface area contributed by atoms with E-state index in [4.69, 9.17) is 25.5 Å². The fourth-order valence-electron chi connectivity index (χ4n) is 1.26. The van der Waals surface area contributed by atoms with Gasteiger partial charge in [-0.25, -0.2) is 14.3 Å². The van der Waals surface area contributed by atoms with E-state index in [1.54, 1.807) is 0 Å². The number of anilines is 1. The van der Waals surface area contributed by atoms with Crippen LogP contribution in [-0.4, -0.2) is 61.7 Å². The number of nitrogen functional groups attached to an aromatic ring is 1. The first kappa shape index (κ1) is 22.0. The second-order valence-corrected chi connectivity index (χ2v) is 7.26. The highest BCUT2D eigenvalue weighted by molar-refractivity contribution is 7.47. The fraction of sp³-hybridized carbons (Fsp3) is 0.400. The van der Waals surface area contributed by atoms with Gasteiger partial charge in [0.15, 0.2) is 10.8 Å². The maximum Gasteiger partial charge on any atom is 0.483 e. The second kappa shape index (κ2) is 8.57. The summed E-state index contributed by atoms with van der Waals surface area (Å²) in [5, 5.41) is 25.3. The maximum absolute atomic E-state index is 12.2. The van der Waals surface area contributed by atoms with Gasteiger partial charge in [0.05, 0.1) is 6.44 Å². The van der Waals surface area contributed by atoms with Crippen molar-refractivity contribution in [1.82, 2.24) is 10.3 Å². The highest BCUT2D eigenvalue weighted by Crippen LogP contribution is 2.35. The average Bonchev–Trinajstić information content (AvgIpc) is 2.89. The Morgan fingerprint density at radius 1 is 1.50 bits per heavy atom. The molecule has 1 aromatic rings. The summed E-state index contributed by atoms with van der Waals surface area (Å²) in [5.41, 5.74) is 3.23. The number of carbonyl (C=O) groups excluding carboxylic acids is 1. The zero-order chi connectivity index (χ0) is 20.1. The molecule has 0 aliphatic carbocycles. The van der Waals surface area contributed by atoms with Crippen molar-refractivity contribution in [2.24, 2.45) is 5.16 Å². The molecule has 0 spiro atoms. The van der Waals surface area contributed by atoms with E-state index < -0.39 is 44.6 Å². The molecule has 13 nitrogen and oxygen atoms in total. The molecule has 0 saturated carbocycles. The Labute approximate surface area is 151 Å². The summed E-state index contributed by atoms with van der Waals surface area (Å²) in [4.78, 5) is 49.1. The lowest BCUT2D eigenvalue weighted by Crippen LogP contribution is -2.41. The molecule has 1 amide bonds. The van der Waals surface area contributed by atoms with Crippen LogP contribution in [-0.2, 0) is 23.4 Å². The Bertz CT molecular complexity index is 749. The number of thiazole rings is 1. The van der Waals surface area contributed by atoms with Gasteiger partial charge in [0.1, 0.15) is 5.69 Å². The number of oxime groups is 1. The number of nitrogens with one attached hydrogen (secondary N) is 1. The van der Waals surface area contributed by atoms with Crippen LogP contribution in [0.5, 0.6) is 0 Å². The number of nitrogens with zero attached hydrogens (tertiary/aromatic N) is 2. The number of nitrogens with two attached hydrogens (primary N) is 1. The highest BCUT2D eigenvalue weighted by atomic mass is 32.1. The quantitative estimate of drug-likeness (QED) is 0.120. The summed E-state index contributed by atoms with van der Waals surface area (Å²) in [7, 11) is -6.96. The van der Waals surface area contributed by atoms with Crippen molar-refractivity contribution >= 4 is 49.0 Å². The maximum atomic E-state index is 12.2. The van der Waals surface area contributed by atoms with E-state index in [2.05, 4.69) is 19.9 Å². The summed E-state index contributed by atoms with van der Waals surface area (Å²) < 4.78 is 14.5. The number of carboxylic acids is 1. The molecule has 7 N–H and O–H groups in total. The third kappa shape index (κ3) is 7.07. The number of amides is 1. The Balaban J connectivity index is 2.93. The van der Waals surface area contributed by atoms with E-state index >= 15 is 0 Å². The van der Waals surface area contributed by atoms with Gasteiger partial charge in [-0.3, -0.25) is 4.79 Å². The first-order valence-electron chi connectivity index (χ1n) is 6.73. The van der Waals surface area contributed by atoms with Gasteiger partial charge in [0, 0.05) is 5.38 Å². The van der Waals surface area contributed by atoms with Crippen molar-refractivity contribution in [1.29, 1.82) is 0 Å². The molecular formula is C10H16BN4O9PS. The number of rotatable bonds is 9. The lowest BCUT2D eigenvalue weighted by molar-refractivity contribution is -0.161. The molecule has 0 unspecified atom stereocenters. The molecule has 16 heteroatoms.